The minimum Gasteiger partial charge on any atom is -0.481 e. The first kappa shape index (κ1) is 77.2. The van der Waals surface area contributed by atoms with Gasteiger partial charge in [-0.05, 0) is 75.2 Å². The zero-order valence-electron chi connectivity index (χ0n) is 51.5. The Morgan fingerprint density at radius 2 is 0.934 bits per heavy atom. The fraction of sp³-hybridized carbons (Fsp3) is 0.600. The Bertz CT molecular complexity index is 2790. The SMILES string of the molecule is CC(C)[C@H](NC(=O)[C@H](CCCN=C(N)N)NC(=O)[C@H](CC(N)=O)NC(=O)[C@H](CC(=O)O)NC(=O)[C@@H](NC(=O)[C@H](CCCN=C(N)N)NC(=O)[C@H](CCC(N)=O)NC(=O)[C@@H]1CCCN1C(=O)[C@H](Cc1ccccc1)NC(=O)[C@@H](N)CCCN=C(N)N)C(C)C)C(=O)O. The third kappa shape index (κ3) is 28.9. The first-order chi connectivity index (χ1) is 42.7. The van der Waals surface area contributed by atoms with Crippen molar-refractivity contribution in [3.8, 4) is 0 Å². The van der Waals surface area contributed by atoms with Gasteiger partial charge in [0.15, 0.2) is 17.9 Å². The molecule has 28 N–H and O–H groups in total. The van der Waals surface area contributed by atoms with Crippen LogP contribution in [-0.4, -0.2) is 197 Å². The molecule has 11 amide bonds. The van der Waals surface area contributed by atoms with E-state index in [1.54, 1.807) is 30.3 Å². The summed E-state index contributed by atoms with van der Waals surface area (Å²) >= 11 is 0. The molecule has 506 valence electrons. The summed E-state index contributed by atoms with van der Waals surface area (Å²) in [4.78, 5) is 188. The molecule has 1 aliphatic heterocycles. The molecule has 0 unspecified atom stereocenters. The number of primary amides is 2. The highest BCUT2D eigenvalue weighted by Gasteiger charge is 2.41. The minimum atomic E-state index is -2.05. The number of carbonyl (C=O) groups excluding carboxylic acids is 11. The normalized spacial score (nSPS) is 15.6. The Balaban J connectivity index is 2.48. The number of nitrogens with zero attached hydrogens (tertiary/aromatic N) is 4. The van der Waals surface area contributed by atoms with Crippen molar-refractivity contribution in [2.45, 2.75) is 172 Å². The molecule has 2 rings (SSSR count). The predicted molar refractivity (Wildman–Crippen MR) is 330 cm³/mol. The molecule has 0 aliphatic carbocycles. The number of rotatable bonds is 41. The van der Waals surface area contributed by atoms with Gasteiger partial charge in [0.05, 0.1) is 18.9 Å². The molecule has 0 spiro atoms. The number of nitrogens with two attached hydrogens (primary N) is 9. The molecule has 1 aromatic carbocycles. The number of aliphatic carboxylic acids is 2. The molecule has 36 nitrogen and oxygen atoms in total. The fourth-order valence-electron chi connectivity index (χ4n) is 9.28. The Morgan fingerprint density at radius 1 is 0.505 bits per heavy atom. The van der Waals surface area contributed by atoms with Crippen LogP contribution in [0, 0.1) is 11.8 Å². The number of benzene rings is 1. The van der Waals surface area contributed by atoms with Gasteiger partial charge in [-0.2, -0.15) is 0 Å². The summed E-state index contributed by atoms with van der Waals surface area (Å²) in [5.74, 6) is -16.3. The lowest BCUT2D eigenvalue weighted by Crippen LogP contribution is -2.61. The lowest BCUT2D eigenvalue weighted by molar-refractivity contribution is -0.143. The number of likely N-dealkylation sites (tertiary alicyclic amines) is 1. The van der Waals surface area contributed by atoms with Crippen LogP contribution >= 0.6 is 0 Å². The molecule has 1 aliphatic rings. The van der Waals surface area contributed by atoms with Crippen LogP contribution in [0.2, 0.25) is 0 Å². The maximum Gasteiger partial charge on any atom is 0.326 e. The average molecular weight is 1290 g/mol. The lowest BCUT2D eigenvalue weighted by Gasteiger charge is -2.31. The van der Waals surface area contributed by atoms with E-state index in [1.807, 2.05) is 0 Å². The smallest absolute Gasteiger partial charge is 0.326 e. The van der Waals surface area contributed by atoms with Gasteiger partial charge >= 0.3 is 11.9 Å². The van der Waals surface area contributed by atoms with Gasteiger partial charge in [-0.3, -0.25) is 72.5 Å². The lowest BCUT2D eigenvalue weighted by atomic mass is 10.0. The van der Waals surface area contributed by atoms with E-state index in [1.165, 1.54) is 32.6 Å². The summed E-state index contributed by atoms with van der Waals surface area (Å²) < 4.78 is 0. The van der Waals surface area contributed by atoms with Crippen molar-refractivity contribution < 1.29 is 72.5 Å². The van der Waals surface area contributed by atoms with Crippen LogP contribution in [0.3, 0.4) is 0 Å². The largest absolute Gasteiger partial charge is 0.481 e. The fourth-order valence-corrected chi connectivity index (χ4v) is 9.28. The van der Waals surface area contributed by atoms with Crippen LogP contribution < -0.4 is 94.1 Å². The van der Waals surface area contributed by atoms with Crippen molar-refractivity contribution >= 4 is 94.8 Å². The van der Waals surface area contributed by atoms with E-state index in [4.69, 9.17) is 51.6 Å². The second kappa shape index (κ2) is 39.2. The number of amides is 11. The van der Waals surface area contributed by atoms with Gasteiger partial charge in [0.2, 0.25) is 65.0 Å². The van der Waals surface area contributed by atoms with Crippen LogP contribution in [-0.2, 0) is 68.7 Å². The minimum absolute atomic E-state index is 0.000889. The third-order valence-corrected chi connectivity index (χ3v) is 14.0. The summed E-state index contributed by atoms with van der Waals surface area (Å²) in [7, 11) is 0. The second-order valence-corrected chi connectivity index (χ2v) is 22.3. The summed E-state index contributed by atoms with van der Waals surface area (Å²) in [6, 6.07) is -6.54. The van der Waals surface area contributed by atoms with E-state index in [9.17, 15) is 72.5 Å². The molecule has 1 saturated heterocycles. The standard InChI is InChI=1S/C55H91N21O15/c1-27(2)41(50(88)72-35(26-40(79)80)48(86)71-34(25-39(58)78)47(85)69-32(16-10-22-67-55(63)64)46(84)75-42(28(3)4)52(90)91)74-45(83)31(15-9-21-66-54(61)62)68-44(82)33(18-19-38(57)77)70-49(87)37-17-11-23-76(37)51(89)36(24-29-12-6-5-7-13-29)73-43(81)30(56)14-8-20-65-53(59)60/h5-7,12-13,27-28,30-37,41-42H,8-11,14-26,56H2,1-4H3,(H2,57,77)(H2,58,78)(H,68,82)(H,69,85)(H,70,87)(H,71,86)(H,72,88)(H,73,81)(H,74,83)(H,75,84)(H,79,80)(H,90,91)(H4,59,60,65)(H4,61,62,66)(H4,63,64,67)/t30-,31-,32-,33-,34-,35-,36-,37-,41-,42-/m0/s1. The Morgan fingerprint density at radius 3 is 1.40 bits per heavy atom. The Kier molecular flexibility index (Phi) is 33.2. The van der Waals surface area contributed by atoms with Crippen molar-refractivity contribution in [2.24, 2.45) is 78.4 Å². The van der Waals surface area contributed by atoms with E-state index in [-0.39, 0.29) is 89.0 Å². The van der Waals surface area contributed by atoms with Crippen molar-refractivity contribution in [3.63, 3.8) is 0 Å². The van der Waals surface area contributed by atoms with E-state index < -0.39 is 175 Å². The van der Waals surface area contributed by atoms with Crippen LogP contribution in [0.5, 0.6) is 0 Å². The van der Waals surface area contributed by atoms with Gasteiger partial charge in [-0.25, -0.2) is 4.79 Å². The highest BCUT2D eigenvalue weighted by molar-refractivity contribution is 6.00. The molecular formula is C55H91N21O15. The number of nitrogens with one attached hydrogen (secondary N) is 8. The van der Waals surface area contributed by atoms with Crippen molar-refractivity contribution in [2.75, 3.05) is 26.2 Å². The Hall–Kier alpha value is -9.90. The maximum atomic E-state index is 14.5. The van der Waals surface area contributed by atoms with E-state index in [2.05, 4.69) is 57.5 Å². The number of aliphatic imine (C=N–C) groups is 3. The van der Waals surface area contributed by atoms with Gasteiger partial charge in [0.25, 0.3) is 0 Å². The van der Waals surface area contributed by atoms with Crippen LogP contribution in [0.1, 0.15) is 110 Å². The van der Waals surface area contributed by atoms with E-state index in [0.29, 0.717) is 18.4 Å². The van der Waals surface area contributed by atoms with Crippen molar-refractivity contribution in [1.82, 2.24) is 47.4 Å². The molecule has 1 heterocycles. The molecule has 1 fully saturated rings. The third-order valence-electron chi connectivity index (χ3n) is 14.0. The monoisotopic (exact) mass is 1290 g/mol. The number of hydrogen-bond acceptors (Lipinski definition) is 17. The number of carboxylic acid groups (broad SMARTS) is 2. The molecule has 0 radical (unpaired) electrons. The molecule has 91 heavy (non-hydrogen) atoms. The highest BCUT2D eigenvalue weighted by Crippen LogP contribution is 2.21. The molecule has 1 aromatic rings. The topological polar surface area (TPSA) is 633 Å². The summed E-state index contributed by atoms with van der Waals surface area (Å²) in [5, 5.41) is 39.0. The summed E-state index contributed by atoms with van der Waals surface area (Å²) in [6.07, 6.45) is -2.48. The second-order valence-electron chi connectivity index (χ2n) is 22.3. The van der Waals surface area contributed by atoms with Crippen LogP contribution in [0.25, 0.3) is 0 Å². The number of carbonyl (C=O) groups is 13. The molecule has 10 atom stereocenters. The predicted octanol–water partition coefficient (Wildman–Crippen LogP) is -7.40. The Labute approximate surface area is 525 Å². The quantitative estimate of drug-likeness (QED) is 0.0165. The van der Waals surface area contributed by atoms with Crippen LogP contribution in [0.4, 0.5) is 0 Å². The van der Waals surface area contributed by atoms with Gasteiger partial charge < -0.3 is 109 Å². The molecule has 0 saturated carbocycles. The van der Waals surface area contributed by atoms with Gasteiger partial charge in [0, 0.05) is 39.0 Å². The molecule has 0 aromatic heterocycles. The summed E-state index contributed by atoms with van der Waals surface area (Å²) in [5.41, 5.74) is 50.4. The number of hydrogen-bond donors (Lipinski definition) is 19. The molecule has 0 bridgehead atoms. The number of guanidine groups is 3. The number of carboxylic acids is 2. The van der Waals surface area contributed by atoms with Gasteiger partial charge in [-0.15, -0.1) is 0 Å². The van der Waals surface area contributed by atoms with E-state index >= 15 is 0 Å². The maximum absolute atomic E-state index is 14.5. The summed E-state index contributed by atoms with van der Waals surface area (Å²) in [6.45, 7) is 6.06. The zero-order valence-corrected chi connectivity index (χ0v) is 51.5. The first-order valence-electron chi connectivity index (χ1n) is 29.4. The van der Waals surface area contributed by atoms with Gasteiger partial charge in [0.1, 0.15) is 54.4 Å². The van der Waals surface area contributed by atoms with Crippen molar-refractivity contribution in [1.29, 1.82) is 0 Å². The first-order valence-corrected chi connectivity index (χ1v) is 29.4. The molecule has 36 heteroatoms. The zero-order chi connectivity index (χ0) is 68.7. The van der Waals surface area contributed by atoms with E-state index in [0.717, 1.165) is 0 Å². The molecular weight excluding hydrogens is 1190 g/mol. The highest BCUT2D eigenvalue weighted by atomic mass is 16.4. The van der Waals surface area contributed by atoms with Crippen LogP contribution in [0.15, 0.2) is 45.3 Å². The van der Waals surface area contributed by atoms with Crippen molar-refractivity contribution in [3.05, 3.63) is 35.9 Å². The van der Waals surface area contributed by atoms with Gasteiger partial charge in [-0.1, -0.05) is 58.0 Å². The average Bonchev–Trinajstić information content (AvgIpc) is 1.90.